The SMILES string of the molecule is CN1C(C)(C)c2ccc(-c3cc(N(c4ccccc4)c4ccccc4)cc4ccccc34)cc2C1(C)C. The van der Waals surface area contributed by atoms with Crippen LogP contribution in [0, 0.1) is 0 Å². The molecule has 6 rings (SSSR count). The first-order chi connectivity index (χ1) is 17.8. The Morgan fingerprint density at radius 3 is 1.76 bits per heavy atom. The Hall–Kier alpha value is -3.88. The molecule has 0 amide bonds. The summed E-state index contributed by atoms with van der Waals surface area (Å²) in [4.78, 5) is 4.85. The highest BCUT2D eigenvalue weighted by Gasteiger charge is 2.46. The molecule has 1 aliphatic rings. The standard InChI is InChI=1S/C35H34N2/c1-34(2)32-21-20-26(23-33(32)35(3,4)36(34)5)31-24-29(22-25-14-12-13-19-30(25)31)37(27-15-8-6-9-16-27)28-17-10-7-11-18-28/h6-24H,1-5H3. The van der Waals surface area contributed by atoms with Crippen molar-refractivity contribution in [2.75, 3.05) is 11.9 Å². The number of para-hydroxylation sites is 2. The molecule has 0 aromatic heterocycles. The van der Waals surface area contributed by atoms with Gasteiger partial charge in [0.05, 0.1) is 0 Å². The summed E-state index contributed by atoms with van der Waals surface area (Å²) >= 11 is 0. The molecule has 1 heterocycles. The molecule has 5 aromatic carbocycles. The third-order valence-corrected chi connectivity index (χ3v) is 8.46. The van der Waals surface area contributed by atoms with Crippen molar-refractivity contribution in [2.24, 2.45) is 0 Å². The van der Waals surface area contributed by atoms with Gasteiger partial charge in [-0.25, -0.2) is 0 Å². The zero-order valence-electron chi connectivity index (χ0n) is 22.4. The molecule has 0 fully saturated rings. The van der Waals surface area contributed by atoms with E-state index in [1.165, 1.54) is 33.0 Å². The molecule has 2 nitrogen and oxygen atoms in total. The first kappa shape index (κ1) is 23.5. The van der Waals surface area contributed by atoms with Crippen LogP contribution in [0.15, 0.2) is 115 Å². The summed E-state index contributed by atoms with van der Waals surface area (Å²) in [7, 11) is 2.24. The van der Waals surface area contributed by atoms with Crippen LogP contribution in [-0.2, 0) is 11.1 Å². The lowest BCUT2D eigenvalue weighted by Gasteiger charge is -2.37. The van der Waals surface area contributed by atoms with Gasteiger partial charge in [-0.2, -0.15) is 0 Å². The quantitative estimate of drug-likeness (QED) is 0.252. The van der Waals surface area contributed by atoms with E-state index in [4.69, 9.17) is 0 Å². The first-order valence-corrected chi connectivity index (χ1v) is 13.1. The summed E-state index contributed by atoms with van der Waals surface area (Å²) in [5, 5.41) is 2.51. The topological polar surface area (TPSA) is 6.48 Å². The Labute approximate surface area is 220 Å². The predicted molar refractivity (Wildman–Crippen MR) is 158 cm³/mol. The summed E-state index contributed by atoms with van der Waals surface area (Å²) in [5.41, 5.74) is 8.76. The van der Waals surface area contributed by atoms with E-state index in [9.17, 15) is 0 Å². The van der Waals surface area contributed by atoms with E-state index in [1.54, 1.807) is 0 Å². The number of hydrogen-bond acceptors (Lipinski definition) is 2. The minimum Gasteiger partial charge on any atom is -0.310 e. The van der Waals surface area contributed by atoms with Gasteiger partial charge in [0.1, 0.15) is 0 Å². The normalized spacial score (nSPS) is 16.0. The summed E-state index contributed by atoms with van der Waals surface area (Å²) in [5.74, 6) is 0. The molecule has 184 valence electrons. The van der Waals surface area contributed by atoms with Crippen molar-refractivity contribution in [1.82, 2.24) is 4.90 Å². The van der Waals surface area contributed by atoms with Gasteiger partial charge in [0.25, 0.3) is 0 Å². The number of benzene rings is 5. The first-order valence-electron chi connectivity index (χ1n) is 13.1. The van der Waals surface area contributed by atoms with E-state index in [2.05, 4.69) is 160 Å². The van der Waals surface area contributed by atoms with Crippen molar-refractivity contribution < 1.29 is 0 Å². The average molecular weight is 483 g/mol. The molecule has 0 N–H and O–H groups in total. The molecule has 0 bridgehead atoms. The number of anilines is 3. The molecule has 0 unspecified atom stereocenters. The van der Waals surface area contributed by atoms with Crippen molar-refractivity contribution in [3.63, 3.8) is 0 Å². The van der Waals surface area contributed by atoms with Crippen molar-refractivity contribution >= 4 is 27.8 Å². The molecule has 0 spiro atoms. The van der Waals surface area contributed by atoms with Gasteiger partial charge in [0.15, 0.2) is 0 Å². The summed E-state index contributed by atoms with van der Waals surface area (Å²) in [6, 6.07) is 41.8. The highest BCUT2D eigenvalue weighted by molar-refractivity contribution is 6.01. The third-order valence-electron chi connectivity index (χ3n) is 8.46. The maximum absolute atomic E-state index is 2.50. The van der Waals surface area contributed by atoms with Crippen LogP contribution in [0.1, 0.15) is 38.8 Å². The molecule has 0 radical (unpaired) electrons. The van der Waals surface area contributed by atoms with Crippen LogP contribution in [-0.4, -0.2) is 11.9 Å². The number of rotatable bonds is 4. The summed E-state index contributed by atoms with van der Waals surface area (Å²) in [6.45, 7) is 9.33. The molecule has 0 saturated carbocycles. The number of nitrogens with zero attached hydrogens (tertiary/aromatic N) is 2. The lowest BCUT2D eigenvalue weighted by Crippen LogP contribution is -2.42. The molecule has 5 aromatic rings. The van der Waals surface area contributed by atoms with Gasteiger partial charge in [0.2, 0.25) is 0 Å². The van der Waals surface area contributed by atoms with Crippen LogP contribution < -0.4 is 4.90 Å². The Balaban J connectivity index is 1.59. The molecule has 37 heavy (non-hydrogen) atoms. The second kappa shape index (κ2) is 8.61. The fourth-order valence-corrected chi connectivity index (χ4v) is 6.08. The van der Waals surface area contributed by atoms with Crippen molar-refractivity contribution in [1.29, 1.82) is 0 Å². The zero-order valence-corrected chi connectivity index (χ0v) is 22.4. The Kier molecular flexibility index (Phi) is 5.47. The molecule has 1 aliphatic heterocycles. The maximum atomic E-state index is 2.50. The fourth-order valence-electron chi connectivity index (χ4n) is 6.08. The largest absolute Gasteiger partial charge is 0.310 e. The summed E-state index contributed by atoms with van der Waals surface area (Å²) in [6.07, 6.45) is 0. The molecule has 0 atom stereocenters. The van der Waals surface area contributed by atoms with Crippen LogP contribution in [0.3, 0.4) is 0 Å². The molecule has 0 aliphatic carbocycles. The van der Waals surface area contributed by atoms with Crippen molar-refractivity contribution in [3.8, 4) is 11.1 Å². The van der Waals surface area contributed by atoms with Gasteiger partial charge >= 0.3 is 0 Å². The Morgan fingerprint density at radius 2 is 1.11 bits per heavy atom. The zero-order chi connectivity index (χ0) is 25.8. The Morgan fingerprint density at radius 1 is 0.541 bits per heavy atom. The average Bonchev–Trinajstić information content (AvgIpc) is 3.06. The second-order valence-electron chi connectivity index (χ2n) is 11.2. The minimum atomic E-state index is -0.0393. The molecular weight excluding hydrogens is 448 g/mol. The monoisotopic (exact) mass is 482 g/mol. The second-order valence-corrected chi connectivity index (χ2v) is 11.2. The van der Waals surface area contributed by atoms with Gasteiger partial charge in [-0.3, -0.25) is 4.90 Å². The predicted octanol–water partition coefficient (Wildman–Crippen LogP) is 9.39. The summed E-state index contributed by atoms with van der Waals surface area (Å²) < 4.78 is 0. The van der Waals surface area contributed by atoms with E-state index in [1.807, 2.05) is 0 Å². The highest BCUT2D eigenvalue weighted by Crippen LogP contribution is 2.50. The van der Waals surface area contributed by atoms with Gasteiger partial charge in [-0.15, -0.1) is 0 Å². The van der Waals surface area contributed by atoms with E-state index in [-0.39, 0.29) is 11.1 Å². The van der Waals surface area contributed by atoms with Gasteiger partial charge in [0, 0.05) is 28.1 Å². The van der Waals surface area contributed by atoms with Crippen LogP contribution in [0.5, 0.6) is 0 Å². The van der Waals surface area contributed by atoms with Gasteiger partial charge in [-0.05, 0) is 110 Å². The van der Waals surface area contributed by atoms with Gasteiger partial charge in [-0.1, -0.05) is 72.8 Å². The third kappa shape index (κ3) is 3.75. The number of fused-ring (bicyclic) bond motifs is 2. The van der Waals surface area contributed by atoms with E-state index >= 15 is 0 Å². The maximum Gasteiger partial charge on any atom is 0.0474 e. The number of hydrogen-bond donors (Lipinski definition) is 0. The van der Waals surface area contributed by atoms with E-state index in [0.29, 0.717) is 0 Å². The van der Waals surface area contributed by atoms with Gasteiger partial charge < -0.3 is 4.90 Å². The van der Waals surface area contributed by atoms with Crippen LogP contribution in [0.2, 0.25) is 0 Å². The lowest BCUT2D eigenvalue weighted by atomic mass is 9.87. The van der Waals surface area contributed by atoms with Crippen LogP contribution in [0.25, 0.3) is 21.9 Å². The Bertz CT molecular complexity index is 1540. The van der Waals surface area contributed by atoms with Crippen LogP contribution >= 0.6 is 0 Å². The molecular formula is C35H34N2. The fraction of sp³-hybridized carbons (Fsp3) is 0.200. The minimum absolute atomic E-state index is 0.00129. The van der Waals surface area contributed by atoms with Crippen LogP contribution in [0.4, 0.5) is 17.1 Å². The highest BCUT2D eigenvalue weighted by atomic mass is 15.2. The van der Waals surface area contributed by atoms with E-state index < -0.39 is 0 Å². The smallest absolute Gasteiger partial charge is 0.0474 e. The van der Waals surface area contributed by atoms with E-state index in [0.717, 1.165) is 17.1 Å². The molecule has 2 heteroatoms. The molecule has 0 saturated heterocycles. The van der Waals surface area contributed by atoms with Crippen molar-refractivity contribution in [2.45, 2.75) is 38.8 Å². The lowest BCUT2D eigenvalue weighted by molar-refractivity contribution is 0.0730. The van der Waals surface area contributed by atoms with Crippen molar-refractivity contribution in [3.05, 3.63) is 126 Å².